The maximum absolute atomic E-state index is 15.5. The molecule has 3 aromatic carbocycles. The zero-order valence-corrected chi connectivity index (χ0v) is 31.0. The normalized spacial score (nSPS) is 26.2. The first-order valence-corrected chi connectivity index (χ1v) is 19.9. The Morgan fingerprint density at radius 1 is 0.836 bits per heavy atom. The number of piperazine rings is 1. The maximum atomic E-state index is 15.5. The van der Waals surface area contributed by atoms with Gasteiger partial charge in [0.1, 0.15) is 23.4 Å². The van der Waals surface area contributed by atoms with Gasteiger partial charge in [0.25, 0.3) is 5.91 Å². The lowest BCUT2D eigenvalue weighted by molar-refractivity contribution is -0.136. The number of carbonyl (C=O) groups excluding carboxylic acids is 3. The molecule has 4 atom stereocenters. The van der Waals surface area contributed by atoms with E-state index in [0.717, 1.165) is 63.3 Å². The number of fused-ring (bicyclic) bond motifs is 2. The molecule has 11 heteroatoms. The van der Waals surface area contributed by atoms with Gasteiger partial charge in [-0.2, -0.15) is 0 Å². The molecule has 55 heavy (non-hydrogen) atoms. The average molecular weight is 746 g/mol. The smallest absolute Gasteiger partial charge is 0.255 e. The summed E-state index contributed by atoms with van der Waals surface area (Å²) in [4.78, 5) is 45.8. The molecule has 5 aliphatic heterocycles. The second kappa shape index (κ2) is 14.8. The predicted molar refractivity (Wildman–Crippen MR) is 207 cm³/mol. The number of imide groups is 1. The summed E-state index contributed by atoms with van der Waals surface area (Å²) < 4.78 is 21.7. The van der Waals surface area contributed by atoms with Crippen LogP contribution in [0.15, 0.2) is 90.4 Å². The van der Waals surface area contributed by atoms with Crippen LogP contribution >= 0.6 is 0 Å². The Kier molecular flexibility index (Phi) is 9.58. The van der Waals surface area contributed by atoms with Crippen LogP contribution in [-0.4, -0.2) is 91.1 Å². The fraction of sp³-hybridized carbons (Fsp3) is 0.432. The standard InChI is InChI=1S/C44H48FN5O5/c45-37-24-35-31(26-50(44(35)54)38-12-13-41(52)46-43(38)53)22-39(37)49-20-18-47(19-21-49)25-28-14-16-48(17-15-28)32-8-6-30(7-9-32)42-34-11-10-33(51)23-40(34)55-27-36(42)29-4-2-1-3-5-29/h1-10,22-24,28,34,36,38,42,51H,11-21,25-27H2,(H,46,52,53)/t34?,36-,38?,42-/m1/s1. The van der Waals surface area contributed by atoms with E-state index in [1.165, 1.54) is 27.8 Å². The Labute approximate surface area is 321 Å². The van der Waals surface area contributed by atoms with Gasteiger partial charge in [0.15, 0.2) is 0 Å². The van der Waals surface area contributed by atoms with Gasteiger partial charge < -0.3 is 24.5 Å². The Balaban J connectivity index is 0.783. The third kappa shape index (κ3) is 6.99. The topological polar surface area (TPSA) is 106 Å². The predicted octanol–water partition coefficient (Wildman–Crippen LogP) is 5.87. The number of ether oxygens (including phenoxy) is 1. The molecule has 0 radical (unpaired) electrons. The molecule has 9 rings (SSSR count). The molecule has 5 heterocycles. The summed E-state index contributed by atoms with van der Waals surface area (Å²) in [6.45, 7) is 7.02. The lowest BCUT2D eigenvalue weighted by Gasteiger charge is -2.41. The Morgan fingerprint density at radius 3 is 2.35 bits per heavy atom. The van der Waals surface area contributed by atoms with Crippen molar-refractivity contribution in [2.45, 2.75) is 56.5 Å². The SMILES string of the molecule is O=C1CCC(N2Cc3cc(N4CCN(CC5CCN(c6ccc([C@@H]7C8CC=C(O)C=C8OC[C@@H]7c7ccccc7)cc6)CC5)CC4)c(F)cc3C2=O)C(=O)N1. The van der Waals surface area contributed by atoms with Gasteiger partial charge in [0, 0.05) is 93.9 Å². The van der Waals surface area contributed by atoms with Crippen LogP contribution in [0.1, 0.15) is 71.0 Å². The van der Waals surface area contributed by atoms with E-state index >= 15 is 4.39 Å². The summed E-state index contributed by atoms with van der Waals surface area (Å²) in [6, 6.07) is 22.2. The van der Waals surface area contributed by atoms with Crippen LogP contribution < -0.4 is 15.1 Å². The largest absolute Gasteiger partial charge is 0.508 e. The van der Waals surface area contributed by atoms with E-state index in [0.29, 0.717) is 36.9 Å². The van der Waals surface area contributed by atoms with Crippen molar-refractivity contribution >= 4 is 29.1 Å². The lowest BCUT2D eigenvalue weighted by Crippen LogP contribution is -2.52. The molecule has 2 N–H and O–H groups in total. The van der Waals surface area contributed by atoms with Crippen LogP contribution in [0.4, 0.5) is 15.8 Å². The minimum absolute atomic E-state index is 0.187. The number of aliphatic hydroxyl groups excluding tert-OH is 1. The Bertz CT molecular complexity index is 2020. The van der Waals surface area contributed by atoms with Gasteiger partial charge in [-0.25, -0.2) is 4.39 Å². The highest BCUT2D eigenvalue weighted by Gasteiger charge is 2.42. The van der Waals surface area contributed by atoms with Crippen LogP contribution in [0.25, 0.3) is 0 Å². The van der Waals surface area contributed by atoms with Crippen molar-refractivity contribution in [1.29, 1.82) is 0 Å². The molecule has 3 aromatic rings. The summed E-state index contributed by atoms with van der Waals surface area (Å²) >= 11 is 0. The van der Waals surface area contributed by atoms with Crippen LogP contribution in [-0.2, 0) is 20.9 Å². The van der Waals surface area contributed by atoms with Crippen molar-refractivity contribution in [3.05, 3.63) is 118 Å². The first-order valence-electron chi connectivity index (χ1n) is 19.9. The second-order valence-electron chi connectivity index (χ2n) is 16.0. The number of hydrogen-bond donors (Lipinski definition) is 2. The minimum atomic E-state index is -0.714. The van der Waals surface area contributed by atoms with Gasteiger partial charge in [-0.3, -0.25) is 24.6 Å². The first-order chi connectivity index (χ1) is 26.8. The van der Waals surface area contributed by atoms with Crippen molar-refractivity contribution in [1.82, 2.24) is 15.1 Å². The summed E-state index contributed by atoms with van der Waals surface area (Å²) in [6.07, 6.45) is 7.19. The van der Waals surface area contributed by atoms with Crippen LogP contribution in [0.5, 0.6) is 0 Å². The molecular formula is C44H48FN5O5. The molecule has 4 saturated heterocycles. The maximum Gasteiger partial charge on any atom is 0.255 e. The number of hydrogen-bond acceptors (Lipinski definition) is 8. The zero-order valence-electron chi connectivity index (χ0n) is 31.0. The van der Waals surface area contributed by atoms with Crippen molar-refractivity contribution in [3.63, 3.8) is 0 Å². The van der Waals surface area contributed by atoms with Gasteiger partial charge in [-0.05, 0) is 78.6 Å². The number of benzene rings is 3. The number of amides is 3. The highest BCUT2D eigenvalue weighted by atomic mass is 19.1. The van der Waals surface area contributed by atoms with Crippen molar-refractivity contribution in [2.24, 2.45) is 11.8 Å². The molecule has 6 aliphatic rings. The van der Waals surface area contributed by atoms with Gasteiger partial charge >= 0.3 is 0 Å². The summed E-state index contributed by atoms with van der Waals surface area (Å²) in [5.41, 5.74) is 5.39. The van der Waals surface area contributed by atoms with Crippen molar-refractivity contribution in [2.75, 3.05) is 62.2 Å². The van der Waals surface area contributed by atoms with E-state index < -0.39 is 17.8 Å². The molecule has 3 amide bonds. The summed E-state index contributed by atoms with van der Waals surface area (Å²) in [7, 11) is 0. The van der Waals surface area contributed by atoms with E-state index in [9.17, 15) is 19.5 Å². The van der Waals surface area contributed by atoms with E-state index in [1.807, 2.05) is 6.08 Å². The van der Waals surface area contributed by atoms with E-state index in [2.05, 4.69) is 74.6 Å². The number of rotatable bonds is 7. The van der Waals surface area contributed by atoms with E-state index in [4.69, 9.17) is 4.74 Å². The quantitative estimate of drug-likeness (QED) is 0.290. The Morgan fingerprint density at radius 2 is 1.60 bits per heavy atom. The molecule has 10 nitrogen and oxygen atoms in total. The molecule has 0 aromatic heterocycles. The molecule has 4 fully saturated rings. The van der Waals surface area contributed by atoms with Gasteiger partial charge in [-0.15, -0.1) is 0 Å². The van der Waals surface area contributed by atoms with E-state index in [-0.39, 0.29) is 54.7 Å². The number of aliphatic hydroxyl groups is 1. The number of nitrogens with one attached hydrogen (secondary N) is 1. The van der Waals surface area contributed by atoms with E-state index in [1.54, 1.807) is 12.1 Å². The molecule has 0 spiro atoms. The zero-order chi connectivity index (χ0) is 37.6. The van der Waals surface area contributed by atoms with Crippen LogP contribution in [0.3, 0.4) is 0 Å². The number of piperidine rings is 2. The number of carbonyl (C=O) groups is 3. The third-order valence-electron chi connectivity index (χ3n) is 12.8. The molecule has 0 bridgehead atoms. The van der Waals surface area contributed by atoms with Gasteiger partial charge in [-0.1, -0.05) is 42.5 Å². The average Bonchev–Trinajstić information content (AvgIpc) is 3.52. The monoisotopic (exact) mass is 745 g/mol. The van der Waals surface area contributed by atoms with Crippen LogP contribution in [0.2, 0.25) is 0 Å². The molecular weight excluding hydrogens is 698 g/mol. The fourth-order valence-corrected chi connectivity index (χ4v) is 9.82. The van der Waals surface area contributed by atoms with Crippen LogP contribution in [0, 0.1) is 17.7 Å². The van der Waals surface area contributed by atoms with Crippen molar-refractivity contribution < 1.29 is 28.6 Å². The molecule has 0 saturated carbocycles. The molecule has 286 valence electrons. The highest BCUT2D eigenvalue weighted by Crippen LogP contribution is 2.49. The lowest BCUT2D eigenvalue weighted by atomic mass is 9.69. The van der Waals surface area contributed by atoms with Gasteiger partial charge in [0.05, 0.1) is 12.3 Å². The Hall–Kier alpha value is -5.16. The number of allylic oxidation sites excluding steroid dienone is 3. The van der Waals surface area contributed by atoms with Gasteiger partial charge in [0.2, 0.25) is 11.8 Å². The highest BCUT2D eigenvalue weighted by molar-refractivity contribution is 6.05. The summed E-state index contributed by atoms with van der Waals surface area (Å²) in [5.74, 6) is 0.901. The molecule has 1 aliphatic carbocycles. The minimum Gasteiger partial charge on any atom is -0.508 e. The second-order valence-corrected chi connectivity index (χ2v) is 16.0. The fourth-order valence-electron chi connectivity index (χ4n) is 9.82. The molecule has 2 unspecified atom stereocenters. The summed E-state index contributed by atoms with van der Waals surface area (Å²) in [5, 5.41) is 12.5. The number of nitrogens with zero attached hydrogens (tertiary/aromatic N) is 4. The third-order valence-corrected chi connectivity index (χ3v) is 12.8. The van der Waals surface area contributed by atoms with Crippen molar-refractivity contribution in [3.8, 4) is 0 Å². The first kappa shape index (κ1) is 35.5. The number of halogens is 1. The number of anilines is 2.